The van der Waals surface area contributed by atoms with Gasteiger partial charge in [0.25, 0.3) is 0 Å². The number of carbonyl (C=O) groups is 1. The lowest BCUT2D eigenvalue weighted by Crippen LogP contribution is -2.32. The zero-order valence-corrected chi connectivity index (χ0v) is 15.9. The Morgan fingerprint density at radius 2 is 2.36 bits per heavy atom. The van der Waals surface area contributed by atoms with E-state index in [2.05, 4.69) is 21.6 Å². The molecule has 0 spiro atoms. The van der Waals surface area contributed by atoms with Crippen molar-refractivity contribution in [2.45, 2.75) is 49.4 Å². The largest absolute Gasteiger partial charge is 0.355 e. The Balaban J connectivity index is 1.50. The van der Waals surface area contributed by atoms with Crippen LogP contribution in [0.1, 0.15) is 39.0 Å². The molecular formula is C17H23N5OS2. The number of amides is 1. The molecule has 0 unspecified atom stereocenters. The van der Waals surface area contributed by atoms with Crippen molar-refractivity contribution in [3.63, 3.8) is 0 Å². The molecule has 8 heteroatoms. The van der Waals surface area contributed by atoms with E-state index in [-0.39, 0.29) is 11.2 Å². The monoisotopic (exact) mass is 377 g/mol. The lowest BCUT2D eigenvalue weighted by Gasteiger charge is -2.14. The number of rotatable bonds is 7. The van der Waals surface area contributed by atoms with Crippen molar-refractivity contribution in [2.24, 2.45) is 0 Å². The minimum atomic E-state index is -0.275. The number of thiophene rings is 1. The lowest BCUT2D eigenvalue weighted by molar-refractivity contribution is -0.120. The predicted molar refractivity (Wildman–Crippen MR) is 103 cm³/mol. The Morgan fingerprint density at radius 1 is 1.48 bits per heavy atom. The maximum atomic E-state index is 12.3. The summed E-state index contributed by atoms with van der Waals surface area (Å²) in [6.07, 6.45) is 8.16. The Kier molecular flexibility index (Phi) is 6.14. The van der Waals surface area contributed by atoms with E-state index >= 15 is 0 Å². The number of allylic oxidation sites excluding steroid dienone is 1. The van der Waals surface area contributed by atoms with Gasteiger partial charge in [-0.15, -0.1) is 21.5 Å². The maximum absolute atomic E-state index is 12.3. The van der Waals surface area contributed by atoms with E-state index in [1.54, 1.807) is 11.3 Å². The molecule has 6 nitrogen and oxygen atoms in total. The Bertz CT molecular complexity index is 738. The van der Waals surface area contributed by atoms with Gasteiger partial charge in [-0.1, -0.05) is 29.5 Å². The van der Waals surface area contributed by atoms with Crippen molar-refractivity contribution in [3.8, 4) is 10.7 Å². The van der Waals surface area contributed by atoms with Crippen molar-refractivity contribution < 1.29 is 4.79 Å². The van der Waals surface area contributed by atoms with Gasteiger partial charge in [0.1, 0.15) is 0 Å². The minimum absolute atomic E-state index is 0.00193. The molecule has 0 saturated heterocycles. The van der Waals surface area contributed by atoms with Crippen LogP contribution in [0.25, 0.3) is 10.7 Å². The van der Waals surface area contributed by atoms with Crippen LogP contribution in [0.4, 0.5) is 0 Å². The van der Waals surface area contributed by atoms with Crippen LogP contribution in [0.5, 0.6) is 0 Å². The highest BCUT2D eigenvalue weighted by Crippen LogP contribution is 2.27. The van der Waals surface area contributed by atoms with Gasteiger partial charge in [0.2, 0.25) is 11.1 Å². The molecular weight excluding hydrogens is 354 g/mol. The predicted octanol–water partition coefficient (Wildman–Crippen LogP) is 3.21. The van der Waals surface area contributed by atoms with Gasteiger partial charge in [-0.25, -0.2) is 4.68 Å². The summed E-state index contributed by atoms with van der Waals surface area (Å²) in [4.78, 5) is 13.2. The molecule has 1 amide bonds. The molecule has 3 N–H and O–H groups in total. The normalized spacial score (nSPS) is 15.6. The molecule has 0 saturated carbocycles. The fourth-order valence-corrected chi connectivity index (χ4v) is 4.26. The highest BCUT2D eigenvalue weighted by Gasteiger charge is 2.20. The number of hydrogen-bond donors (Lipinski definition) is 2. The fourth-order valence-electron chi connectivity index (χ4n) is 2.76. The van der Waals surface area contributed by atoms with Crippen LogP contribution < -0.4 is 11.2 Å². The summed E-state index contributed by atoms with van der Waals surface area (Å²) in [5, 5.41) is 13.5. The summed E-state index contributed by atoms with van der Waals surface area (Å²) in [5.41, 5.74) is 1.47. The SMILES string of the molecule is C[C@@H](Sc1nnc(-c2cccs2)n1N)C(=O)NCCC1=CCCCC1. The lowest BCUT2D eigenvalue weighted by atomic mass is 9.97. The Hall–Kier alpha value is -1.80. The van der Waals surface area contributed by atoms with Gasteiger partial charge < -0.3 is 11.2 Å². The second-order valence-corrected chi connectivity index (χ2v) is 8.32. The number of thioether (sulfide) groups is 1. The first-order valence-electron chi connectivity index (χ1n) is 8.52. The number of nitrogens with two attached hydrogens (primary N) is 1. The third-order valence-electron chi connectivity index (χ3n) is 4.19. The molecule has 0 bridgehead atoms. The zero-order chi connectivity index (χ0) is 17.6. The van der Waals surface area contributed by atoms with Crippen LogP contribution in [0.15, 0.2) is 34.3 Å². The fraction of sp³-hybridized carbons (Fsp3) is 0.471. The second-order valence-electron chi connectivity index (χ2n) is 6.06. The molecule has 1 aliphatic rings. The molecule has 0 fully saturated rings. The third kappa shape index (κ3) is 4.64. The molecule has 0 radical (unpaired) electrons. The molecule has 1 aliphatic carbocycles. The van der Waals surface area contributed by atoms with E-state index in [9.17, 15) is 4.79 Å². The molecule has 25 heavy (non-hydrogen) atoms. The van der Waals surface area contributed by atoms with Crippen molar-refractivity contribution in [2.75, 3.05) is 12.4 Å². The number of hydrogen-bond acceptors (Lipinski definition) is 6. The van der Waals surface area contributed by atoms with Gasteiger partial charge in [-0.2, -0.15) is 0 Å². The standard InChI is InChI=1S/C17H23N5OS2/c1-12(16(23)19-10-9-13-6-3-2-4-7-13)25-17-21-20-15(22(17)18)14-8-5-11-24-14/h5-6,8,11-12H,2-4,7,9-10,18H2,1H3,(H,19,23)/t12-/m1/s1. The molecule has 0 aromatic carbocycles. The van der Waals surface area contributed by atoms with Gasteiger partial charge in [-0.3, -0.25) is 4.79 Å². The molecule has 134 valence electrons. The smallest absolute Gasteiger partial charge is 0.233 e. The second kappa shape index (κ2) is 8.53. The number of aromatic nitrogens is 3. The summed E-state index contributed by atoms with van der Waals surface area (Å²) < 4.78 is 1.45. The topological polar surface area (TPSA) is 85.8 Å². The van der Waals surface area contributed by atoms with Gasteiger partial charge in [0.05, 0.1) is 10.1 Å². The first kappa shape index (κ1) is 18.0. The maximum Gasteiger partial charge on any atom is 0.233 e. The summed E-state index contributed by atoms with van der Waals surface area (Å²) >= 11 is 2.88. The van der Waals surface area contributed by atoms with Crippen LogP contribution in [0.2, 0.25) is 0 Å². The number of nitrogen functional groups attached to an aromatic ring is 1. The van der Waals surface area contributed by atoms with Gasteiger partial charge in [-0.05, 0) is 50.5 Å². The van der Waals surface area contributed by atoms with Crippen LogP contribution in [0, 0.1) is 0 Å². The number of nitrogens with one attached hydrogen (secondary N) is 1. The van der Waals surface area contributed by atoms with E-state index in [1.807, 2.05) is 24.4 Å². The highest BCUT2D eigenvalue weighted by molar-refractivity contribution is 8.00. The molecule has 0 aliphatic heterocycles. The summed E-state index contributed by atoms with van der Waals surface area (Å²) in [6, 6.07) is 3.89. The van der Waals surface area contributed by atoms with Crippen molar-refractivity contribution in [1.29, 1.82) is 0 Å². The zero-order valence-electron chi connectivity index (χ0n) is 14.3. The van der Waals surface area contributed by atoms with Crippen molar-refractivity contribution in [1.82, 2.24) is 20.2 Å². The minimum Gasteiger partial charge on any atom is -0.355 e. The van der Waals surface area contributed by atoms with E-state index in [1.165, 1.54) is 47.7 Å². The van der Waals surface area contributed by atoms with Gasteiger partial charge in [0, 0.05) is 6.54 Å². The van der Waals surface area contributed by atoms with Crippen LogP contribution in [0.3, 0.4) is 0 Å². The molecule has 1 atom stereocenters. The first-order valence-corrected chi connectivity index (χ1v) is 10.3. The quantitative estimate of drug-likeness (QED) is 0.440. The molecule has 2 heterocycles. The number of carbonyl (C=O) groups excluding carboxylic acids is 1. The number of nitrogens with zero attached hydrogens (tertiary/aromatic N) is 3. The Morgan fingerprint density at radius 3 is 3.08 bits per heavy atom. The molecule has 2 aromatic rings. The van der Waals surface area contributed by atoms with Crippen LogP contribution in [-0.4, -0.2) is 32.6 Å². The average molecular weight is 378 g/mol. The van der Waals surface area contributed by atoms with Gasteiger partial charge >= 0.3 is 0 Å². The molecule has 3 rings (SSSR count). The van der Waals surface area contributed by atoms with E-state index in [4.69, 9.17) is 5.84 Å². The molecule has 2 aromatic heterocycles. The highest BCUT2D eigenvalue weighted by atomic mass is 32.2. The van der Waals surface area contributed by atoms with E-state index in [0.717, 1.165) is 11.3 Å². The summed E-state index contributed by atoms with van der Waals surface area (Å²) in [7, 11) is 0. The Labute approximate surface area is 155 Å². The average Bonchev–Trinajstić information content (AvgIpc) is 3.26. The van der Waals surface area contributed by atoms with Crippen LogP contribution >= 0.6 is 23.1 Å². The van der Waals surface area contributed by atoms with Gasteiger partial charge in [0.15, 0.2) is 5.82 Å². The summed E-state index contributed by atoms with van der Waals surface area (Å²) in [6.45, 7) is 2.55. The third-order valence-corrected chi connectivity index (χ3v) is 6.11. The summed E-state index contributed by atoms with van der Waals surface area (Å²) in [5.74, 6) is 6.70. The van der Waals surface area contributed by atoms with Crippen LogP contribution in [-0.2, 0) is 4.79 Å². The first-order chi connectivity index (χ1) is 12.1. The van der Waals surface area contributed by atoms with E-state index < -0.39 is 0 Å². The van der Waals surface area contributed by atoms with E-state index in [0.29, 0.717) is 17.5 Å². The van der Waals surface area contributed by atoms with Crippen molar-refractivity contribution >= 4 is 29.0 Å². The van der Waals surface area contributed by atoms with Crippen molar-refractivity contribution in [3.05, 3.63) is 29.2 Å².